The van der Waals surface area contributed by atoms with Crippen LogP contribution in [0.1, 0.15) is 21.8 Å². The van der Waals surface area contributed by atoms with Gasteiger partial charge < -0.3 is 4.42 Å². The maximum Gasteiger partial charge on any atom is 0.245 e. The number of hydrogen-bond donors (Lipinski definition) is 0. The first-order valence-corrected chi connectivity index (χ1v) is 8.10. The summed E-state index contributed by atoms with van der Waals surface area (Å²) in [6, 6.07) is 11.2. The van der Waals surface area contributed by atoms with Gasteiger partial charge in [0.25, 0.3) is 0 Å². The molecule has 0 bridgehead atoms. The standard InChI is InChI=1S/C19H16FN3O2/c20-14-6-4-13(5-7-14)17(24)12-23-10-8-18-16(11-23)22-19(25-18)15-3-1-2-9-21-15/h1-7,9H,8,10-12H2. The number of pyridine rings is 1. The lowest BCUT2D eigenvalue weighted by molar-refractivity contribution is 0.0918. The summed E-state index contributed by atoms with van der Waals surface area (Å²) in [7, 11) is 0. The number of benzene rings is 1. The van der Waals surface area contributed by atoms with Gasteiger partial charge in [0.2, 0.25) is 5.89 Å². The molecular weight excluding hydrogens is 321 g/mol. The van der Waals surface area contributed by atoms with E-state index in [9.17, 15) is 9.18 Å². The van der Waals surface area contributed by atoms with E-state index in [-0.39, 0.29) is 18.1 Å². The number of carbonyl (C=O) groups excluding carboxylic acids is 1. The van der Waals surface area contributed by atoms with Crippen LogP contribution >= 0.6 is 0 Å². The number of halogens is 1. The van der Waals surface area contributed by atoms with Gasteiger partial charge in [-0.25, -0.2) is 9.37 Å². The lowest BCUT2D eigenvalue weighted by atomic mass is 10.1. The Balaban J connectivity index is 1.47. The summed E-state index contributed by atoms with van der Waals surface area (Å²) in [5.74, 6) is 0.990. The van der Waals surface area contributed by atoms with Gasteiger partial charge in [0.1, 0.15) is 17.3 Å². The smallest absolute Gasteiger partial charge is 0.245 e. The third kappa shape index (κ3) is 3.34. The first-order chi connectivity index (χ1) is 12.2. The van der Waals surface area contributed by atoms with E-state index in [1.165, 1.54) is 24.3 Å². The van der Waals surface area contributed by atoms with Gasteiger partial charge in [-0.05, 0) is 36.4 Å². The molecule has 0 unspecified atom stereocenters. The van der Waals surface area contributed by atoms with Gasteiger partial charge in [0.15, 0.2) is 5.78 Å². The monoisotopic (exact) mass is 337 g/mol. The summed E-state index contributed by atoms with van der Waals surface area (Å²) in [6.45, 7) is 1.55. The third-order valence-electron chi connectivity index (χ3n) is 4.22. The fourth-order valence-electron chi connectivity index (χ4n) is 2.92. The Morgan fingerprint density at radius 3 is 2.80 bits per heavy atom. The second-order valence-corrected chi connectivity index (χ2v) is 5.99. The molecule has 0 saturated heterocycles. The van der Waals surface area contributed by atoms with Gasteiger partial charge in [-0.15, -0.1) is 0 Å². The minimum atomic E-state index is -0.344. The molecule has 0 amide bonds. The van der Waals surface area contributed by atoms with Gasteiger partial charge in [-0.3, -0.25) is 14.7 Å². The minimum Gasteiger partial charge on any atom is -0.440 e. The highest BCUT2D eigenvalue weighted by Gasteiger charge is 2.24. The minimum absolute atomic E-state index is 0.0307. The molecule has 1 aromatic carbocycles. The molecule has 1 aliphatic rings. The zero-order valence-electron chi connectivity index (χ0n) is 13.5. The van der Waals surface area contributed by atoms with Crippen LogP contribution in [0, 0.1) is 5.82 Å². The van der Waals surface area contributed by atoms with Crippen molar-refractivity contribution >= 4 is 5.78 Å². The molecule has 126 valence electrons. The van der Waals surface area contributed by atoms with E-state index in [1.54, 1.807) is 6.20 Å². The first-order valence-electron chi connectivity index (χ1n) is 8.10. The Bertz CT molecular complexity index is 891. The highest BCUT2D eigenvalue weighted by atomic mass is 19.1. The topological polar surface area (TPSA) is 59.2 Å². The average Bonchev–Trinajstić information content (AvgIpc) is 3.06. The highest BCUT2D eigenvalue weighted by Crippen LogP contribution is 2.25. The van der Waals surface area contributed by atoms with E-state index in [0.717, 1.165) is 18.0 Å². The van der Waals surface area contributed by atoms with Crippen molar-refractivity contribution in [2.75, 3.05) is 13.1 Å². The van der Waals surface area contributed by atoms with Crippen molar-refractivity contribution in [2.24, 2.45) is 0 Å². The largest absolute Gasteiger partial charge is 0.440 e. The lowest BCUT2D eigenvalue weighted by Gasteiger charge is -2.24. The number of carbonyl (C=O) groups is 1. The molecule has 0 radical (unpaired) electrons. The second-order valence-electron chi connectivity index (χ2n) is 5.99. The summed E-state index contributed by atoms with van der Waals surface area (Å²) in [6.07, 6.45) is 2.40. The Hall–Kier alpha value is -2.86. The van der Waals surface area contributed by atoms with E-state index in [1.807, 2.05) is 23.1 Å². The quantitative estimate of drug-likeness (QED) is 0.685. The van der Waals surface area contributed by atoms with Gasteiger partial charge in [-0.2, -0.15) is 0 Å². The van der Waals surface area contributed by atoms with Crippen LogP contribution < -0.4 is 0 Å². The van der Waals surface area contributed by atoms with Crippen LogP contribution in [-0.2, 0) is 13.0 Å². The molecule has 25 heavy (non-hydrogen) atoms. The molecule has 0 fully saturated rings. The van der Waals surface area contributed by atoms with Crippen LogP contribution in [0.15, 0.2) is 53.1 Å². The number of aromatic nitrogens is 2. The number of oxazole rings is 1. The van der Waals surface area contributed by atoms with Crippen molar-refractivity contribution in [1.82, 2.24) is 14.9 Å². The summed E-state index contributed by atoms with van der Waals surface area (Å²) < 4.78 is 18.8. The van der Waals surface area contributed by atoms with Crippen molar-refractivity contribution in [3.8, 4) is 11.6 Å². The molecule has 6 heteroatoms. The van der Waals surface area contributed by atoms with Crippen molar-refractivity contribution in [3.63, 3.8) is 0 Å². The molecule has 5 nitrogen and oxygen atoms in total. The number of nitrogens with zero attached hydrogens (tertiary/aromatic N) is 3. The highest BCUT2D eigenvalue weighted by molar-refractivity contribution is 5.97. The molecule has 3 aromatic rings. The number of ketones is 1. The number of fused-ring (bicyclic) bond motifs is 1. The van der Waals surface area contributed by atoms with E-state index < -0.39 is 0 Å². The molecule has 2 aromatic heterocycles. The molecule has 4 rings (SSSR count). The molecule has 3 heterocycles. The van der Waals surface area contributed by atoms with Crippen molar-refractivity contribution in [3.05, 3.63) is 71.5 Å². The number of hydrogen-bond acceptors (Lipinski definition) is 5. The van der Waals surface area contributed by atoms with Crippen molar-refractivity contribution in [1.29, 1.82) is 0 Å². The Kier molecular flexibility index (Phi) is 4.11. The van der Waals surface area contributed by atoms with Crippen LogP contribution in [0.3, 0.4) is 0 Å². The molecule has 0 aliphatic carbocycles. The summed E-state index contributed by atoms with van der Waals surface area (Å²) >= 11 is 0. The Morgan fingerprint density at radius 2 is 2.04 bits per heavy atom. The van der Waals surface area contributed by atoms with Crippen molar-refractivity contribution in [2.45, 2.75) is 13.0 Å². The van der Waals surface area contributed by atoms with Crippen LogP contribution in [0.4, 0.5) is 4.39 Å². The third-order valence-corrected chi connectivity index (χ3v) is 4.22. The Morgan fingerprint density at radius 1 is 1.20 bits per heavy atom. The van der Waals surface area contributed by atoms with Gasteiger partial charge in [0, 0.05) is 31.3 Å². The van der Waals surface area contributed by atoms with Crippen molar-refractivity contribution < 1.29 is 13.6 Å². The first kappa shape index (κ1) is 15.7. The van der Waals surface area contributed by atoms with E-state index in [0.29, 0.717) is 30.1 Å². The van der Waals surface area contributed by atoms with E-state index in [2.05, 4.69) is 9.97 Å². The predicted molar refractivity (Wildman–Crippen MR) is 89.4 cm³/mol. The molecule has 0 atom stereocenters. The summed E-state index contributed by atoms with van der Waals surface area (Å²) in [4.78, 5) is 23.2. The zero-order valence-corrected chi connectivity index (χ0v) is 13.5. The van der Waals surface area contributed by atoms with Crippen LogP contribution in [0.2, 0.25) is 0 Å². The van der Waals surface area contributed by atoms with Gasteiger partial charge in [-0.1, -0.05) is 6.07 Å². The zero-order chi connectivity index (χ0) is 17.2. The van der Waals surface area contributed by atoms with Gasteiger partial charge >= 0.3 is 0 Å². The number of Topliss-reactive ketones (excluding diaryl/α,β-unsaturated/α-hetero) is 1. The van der Waals surface area contributed by atoms with Crippen LogP contribution in [0.5, 0.6) is 0 Å². The molecular formula is C19H16FN3O2. The van der Waals surface area contributed by atoms with Crippen LogP contribution in [0.25, 0.3) is 11.6 Å². The fourth-order valence-corrected chi connectivity index (χ4v) is 2.92. The average molecular weight is 337 g/mol. The predicted octanol–water partition coefficient (Wildman–Crippen LogP) is 3.12. The summed E-state index contributed by atoms with van der Waals surface area (Å²) in [5, 5.41) is 0. The lowest BCUT2D eigenvalue weighted by Crippen LogP contribution is -2.34. The van der Waals surface area contributed by atoms with Crippen LogP contribution in [-0.4, -0.2) is 33.7 Å². The molecule has 0 spiro atoms. The second kappa shape index (κ2) is 6.57. The van der Waals surface area contributed by atoms with E-state index >= 15 is 0 Å². The van der Waals surface area contributed by atoms with Gasteiger partial charge in [0.05, 0.1) is 12.2 Å². The molecule has 0 saturated carbocycles. The maximum absolute atomic E-state index is 13.0. The molecule has 0 N–H and O–H groups in total. The molecule has 1 aliphatic heterocycles. The number of rotatable bonds is 4. The Labute approximate surface area is 144 Å². The summed E-state index contributed by atoms with van der Waals surface area (Å²) in [5.41, 5.74) is 2.06. The maximum atomic E-state index is 13.0. The fraction of sp³-hybridized carbons (Fsp3) is 0.211. The van der Waals surface area contributed by atoms with E-state index in [4.69, 9.17) is 4.42 Å². The SMILES string of the molecule is O=C(CN1CCc2oc(-c3ccccn3)nc2C1)c1ccc(F)cc1. The normalized spacial score (nSPS) is 14.3.